The van der Waals surface area contributed by atoms with Crippen molar-refractivity contribution in [2.75, 3.05) is 31.1 Å². The smallest absolute Gasteiger partial charge is 0.260 e. The molecule has 3 aliphatic rings. The maximum Gasteiger partial charge on any atom is 0.260 e. The van der Waals surface area contributed by atoms with Crippen molar-refractivity contribution in [1.82, 2.24) is 15.3 Å². The van der Waals surface area contributed by atoms with Gasteiger partial charge in [-0.3, -0.25) is 4.79 Å². The summed E-state index contributed by atoms with van der Waals surface area (Å²) in [6, 6.07) is 6.33. The summed E-state index contributed by atoms with van der Waals surface area (Å²) in [7, 11) is 0. The van der Waals surface area contributed by atoms with Crippen LogP contribution >= 0.6 is 0 Å². The number of amides is 1. The fraction of sp³-hybridized carbons (Fsp3) is 0.412. The van der Waals surface area contributed by atoms with E-state index < -0.39 is 0 Å². The highest BCUT2D eigenvalue weighted by molar-refractivity contribution is 6.09. The Morgan fingerprint density at radius 1 is 1.38 bits per heavy atom. The molecule has 1 saturated heterocycles. The topological polar surface area (TPSA) is 70.9 Å². The highest BCUT2D eigenvalue weighted by atomic mass is 16.5. The van der Waals surface area contributed by atoms with Crippen molar-refractivity contribution in [3.8, 4) is 5.75 Å². The average molecular weight is 325 g/mol. The number of aromatic nitrogens is 1. The first kappa shape index (κ1) is 13.9. The molecule has 0 aliphatic carbocycles. The summed E-state index contributed by atoms with van der Waals surface area (Å²) < 4.78 is 8.20. The average Bonchev–Trinajstić information content (AvgIpc) is 3.19. The van der Waals surface area contributed by atoms with E-state index in [1.165, 1.54) is 0 Å². The van der Waals surface area contributed by atoms with Crippen LogP contribution in [0.25, 0.3) is 10.9 Å². The second-order valence-corrected chi connectivity index (χ2v) is 6.93. The number of ether oxygens (including phenoxy) is 1. The Hall–Kier alpha value is -2.54. The van der Waals surface area contributed by atoms with E-state index in [-0.39, 0.29) is 18.0 Å². The minimum atomic E-state index is -0.103. The Labute approximate surface area is 139 Å². The van der Waals surface area contributed by atoms with Gasteiger partial charge in [-0.25, -0.2) is 5.43 Å². The lowest BCUT2D eigenvalue weighted by Crippen LogP contribution is -2.49. The molecule has 4 heterocycles. The second kappa shape index (κ2) is 4.73. The van der Waals surface area contributed by atoms with E-state index in [9.17, 15) is 4.79 Å². The fourth-order valence-corrected chi connectivity index (χ4v) is 3.89. The predicted octanol–water partition coefficient (Wildman–Crippen LogP) is 0.992. The Morgan fingerprint density at radius 3 is 3.12 bits per heavy atom. The second-order valence-electron chi connectivity index (χ2n) is 6.93. The summed E-state index contributed by atoms with van der Waals surface area (Å²) in [6.45, 7) is 4.93. The van der Waals surface area contributed by atoms with Gasteiger partial charge < -0.3 is 19.5 Å². The largest absolute Gasteiger partial charge is 0.483 e. The molecule has 7 heteroatoms. The van der Waals surface area contributed by atoms with Crippen molar-refractivity contribution in [3.63, 3.8) is 0 Å². The summed E-state index contributed by atoms with van der Waals surface area (Å²) >= 11 is 0. The summed E-state index contributed by atoms with van der Waals surface area (Å²) in [5.41, 5.74) is 4.67. The molecule has 1 aromatic carbocycles. The lowest BCUT2D eigenvalue weighted by Gasteiger charge is -2.34. The van der Waals surface area contributed by atoms with Gasteiger partial charge in [0.25, 0.3) is 5.91 Å². The third kappa shape index (κ3) is 1.88. The third-order valence-electron chi connectivity index (χ3n) is 5.27. The summed E-state index contributed by atoms with van der Waals surface area (Å²) in [5, 5.41) is 8.72. The molecule has 1 aromatic heterocycles. The quantitative estimate of drug-likeness (QED) is 0.820. The Kier molecular flexibility index (Phi) is 2.73. The van der Waals surface area contributed by atoms with Crippen molar-refractivity contribution in [3.05, 3.63) is 24.4 Å². The van der Waals surface area contributed by atoms with Crippen LogP contribution in [0.1, 0.15) is 13.3 Å². The molecule has 2 N–H and O–H groups in total. The van der Waals surface area contributed by atoms with E-state index in [0.717, 1.165) is 47.7 Å². The van der Waals surface area contributed by atoms with Crippen LogP contribution in [0, 0.1) is 0 Å². The van der Waals surface area contributed by atoms with E-state index in [2.05, 4.69) is 51.7 Å². The zero-order chi connectivity index (χ0) is 16.3. The van der Waals surface area contributed by atoms with Gasteiger partial charge in [0, 0.05) is 18.1 Å². The zero-order valence-electron chi connectivity index (χ0n) is 13.5. The number of nitrogens with zero attached hydrogens (tertiary/aromatic N) is 3. The van der Waals surface area contributed by atoms with Gasteiger partial charge >= 0.3 is 0 Å². The van der Waals surface area contributed by atoms with E-state index >= 15 is 0 Å². The molecule has 0 spiro atoms. The maximum atomic E-state index is 11.8. The molecular formula is C17H19N5O2. The van der Waals surface area contributed by atoms with Gasteiger partial charge in [-0.05, 0) is 38.1 Å². The number of rotatable bonds is 1. The van der Waals surface area contributed by atoms with Gasteiger partial charge in [0.15, 0.2) is 5.84 Å². The molecule has 24 heavy (non-hydrogen) atoms. The first-order chi connectivity index (χ1) is 11.6. The van der Waals surface area contributed by atoms with Crippen LogP contribution in [0.2, 0.25) is 0 Å². The highest BCUT2D eigenvalue weighted by Gasteiger charge is 2.33. The van der Waals surface area contributed by atoms with E-state index in [1.54, 1.807) is 0 Å². The van der Waals surface area contributed by atoms with Gasteiger partial charge in [-0.1, -0.05) is 0 Å². The van der Waals surface area contributed by atoms with Crippen LogP contribution in [0.15, 0.2) is 29.5 Å². The molecule has 124 valence electrons. The van der Waals surface area contributed by atoms with Crippen LogP contribution in [0.5, 0.6) is 5.75 Å². The van der Waals surface area contributed by atoms with Gasteiger partial charge in [0.05, 0.1) is 16.7 Å². The molecule has 1 atom stereocenters. The Morgan fingerprint density at radius 2 is 2.29 bits per heavy atom. The highest BCUT2D eigenvalue weighted by Crippen LogP contribution is 2.39. The normalized spacial score (nSPS) is 25.8. The number of hydrogen-bond donors (Lipinski definition) is 2. The standard InChI is InChI=1S/C17H19N5O2/c1-17(3-4-18-10-17)22-5-2-11-6-14-13(7-12(11)22)21-8-16(23)20-19-15(21)9-24-14/h2,5-7,18H,3-4,8-10H2,1H3,(H,20,23)/t17-/m1/s1. The van der Waals surface area contributed by atoms with Crippen LogP contribution in [0.3, 0.4) is 0 Å². The van der Waals surface area contributed by atoms with Crippen LogP contribution in [-0.4, -0.2) is 42.6 Å². The molecule has 7 nitrogen and oxygen atoms in total. The van der Waals surface area contributed by atoms with E-state index in [1.807, 2.05) is 4.90 Å². The lowest BCUT2D eigenvalue weighted by atomic mass is 10.0. The summed E-state index contributed by atoms with van der Waals surface area (Å²) in [5.74, 6) is 1.45. The molecule has 0 bridgehead atoms. The number of carbonyl (C=O) groups excluding carboxylic acids is 1. The molecule has 0 saturated carbocycles. The SMILES string of the molecule is C[C@@]1(n2ccc3cc4c(cc32)N2CC(=O)NN=C2CO4)CCNC1. The van der Waals surface area contributed by atoms with Crippen molar-refractivity contribution in [1.29, 1.82) is 0 Å². The first-order valence-electron chi connectivity index (χ1n) is 8.26. The number of anilines is 1. The number of hydrazone groups is 1. The molecule has 0 unspecified atom stereocenters. The molecule has 3 aliphatic heterocycles. The minimum absolute atomic E-state index is 0.0711. The number of fused-ring (bicyclic) bond motifs is 4. The molecular weight excluding hydrogens is 306 g/mol. The van der Waals surface area contributed by atoms with Crippen molar-refractivity contribution in [2.45, 2.75) is 18.9 Å². The Bertz CT molecular complexity index is 878. The van der Waals surface area contributed by atoms with Gasteiger partial charge in [0.1, 0.15) is 18.9 Å². The van der Waals surface area contributed by atoms with Crippen LogP contribution < -0.4 is 20.4 Å². The molecule has 2 aromatic rings. The Balaban J connectivity index is 1.68. The summed E-state index contributed by atoms with van der Waals surface area (Å²) in [6.07, 6.45) is 3.25. The van der Waals surface area contributed by atoms with Crippen LogP contribution in [0.4, 0.5) is 5.69 Å². The van der Waals surface area contributed by atoms with Crippen molar-refractivity contribution < 1.29 is 9.53 Å². The van der Waals surface area contributed by atoms with Crippen LogP contribution in [-0.2, 0) is 10.3 Å². The van der Waals surface area contributed by atoms with Gasteiger partial charge in [-0.15, -0.1) is 0 Å². The van der Waals surface area contributed by atoms with Gasteiger partial charge in [0.2, 0.25) is 0 Å². The third-order valence-corrected chi connectivity index (χ3v) is 5.27. The van der Waals surface area contributed by atoms with E-state index in [0.29, 0.717) is 6.61 Å². The van der Waals surface area contributed by atoms with Crippen molar-refractivity contribution in [2.24, 2.45) is 5.10 Å². The number of benzene rings is 1. The number of carbonyl (C=O) groups is 1. The van der Waals surface area contributed by atoms with Crippen molar-refractivity contribution >= 4 is 28.3 Å². The number of nitrogens with one attached hydrogen (secondary N) is 2. The summed E-state index contributed by atoms with van der Waals surface area (Å²) in [4.78, 5) is 13.7. The fourth-order valence-electron chi connectivity index (χ4n) is 3.89. The number of amidine groups is 1. The lowest BCUT2D eigenvalue weighted by molar-refractivity contribution is -0.119. The van der Waals surface area contributed by atoms with E-state index in [4.69, 9.17) is 4.74 Å². The predicted molar refractivity (Wildman–Crippen MR) is 91.5 cm³/mol. The molecule has 0 radical (unpaired) electrons. The van der Waals surface area contributed by atoms with Gasteiger partial charge in [-0.2, -0.15) is 5.10 Å². The minimum Gasteiger partial charge on any atom is -0.483 e. The molecule has 5 rings (SSSR count). The molecule has 1 amide bonds. The maximum absolute atomic E-state index is 11.8. The first-order valence-corrected chi connectivity index (χ1v) is 8.26. The monoisotopic (exact) mass is 325 g/mol. The number of hydrogen-bond acceptors (Lipinski definition) is 5. The zero-order valence-corrected chi connectivity index (χ0v) is 13.5. The molecule has 1 fully saturated rings.